The summed E-state index contributed by atoms with van der Waals surface area (Å²) >= 11 is 0. The van der Waals surface area contributed by atoms with Crippen molar-refractivity contribution in [1.29, 1.82) is 0 Å². The number of rotatable bonds is 0. The molecule has 7 heavy (non-hydrogen) atoms. The van der Waals surface area contributed by atoms with Crippen LogP contribution in [0.1, 0.15) is 6.42 Å². The summed E-state index contributed by atoms with van der Waals surface area (Å²) in [5, 5.41) is 0. The third-order valence-electron chi connectivity index (χ3n) is 1.31. The van der Waals surface area contributed by atoms with Crippen molar-refractivity contribution < 1.29 is 9.69 Å². The van der Waals surface area contributed by atoms with Crippen molar-refractivity contribution in [3.05, 3.63) is 0 Å². The summed E-state index contributed by atoms with van der Waals surface area (Å²) in [5.41, 5.74) is 4.92. The summed E-state index contributed by atoms with van der Waals surface area (Å²) in [6, 6.07) is -0.203. The Bertz CT molecular complexity index is 87.7. The maximum Gasteiger partial charge on any atom is 0.412 e. The molecule has 1 rings (SSSR count). The molecule has 0 atom stereocenters. The zero-order chi connectivity index (χ0) is 5.28. The Hall–Kier alpha value is -0.570. The highest BCUT2D eigenvalue weighted by molar-refractivity contribution is 5.61. The molecule has 0 unspecified atom stereocenters. The summed E-state index contributed by atoms with van der Waals surface area (Å²) in [6.07, 6.45) is 1.15. The molecule has 3 N–H and O–H groups in total. The van der Waals surface area contributed by atoms with Crippen molar-refractivity contribution >= 4 is 6.03 Å². The van der Waals surface area contributed by atoms with Crippen molar-refractivity contribution in [2.24, 2.45) is 5.73 Å². The Balaban J connectivity index is 2.27. The van der Waals surface area contributed by atoms with Gasteiger partial charge in [0, 0.05) is 6.42 Å². The van der Waals surface area contributed by atoms with E-state index in [1.54, 1.807) is 0 Å². The van der Waals surface area contributed by atoms with Gasteiger partial charge in [0.15, 0.2) is 0 Å². The number of primary amides is 1. The maximum atomic E-state index is 10.2. The lowest BCUT2D eigenvalue weighted by Crippen LogP contribution is -3.21. The topological polar surface area (TPSA) is 47.5 Å². The molecule has 40 valence electrons. The van der Waals surface area contributed by atoms with Crippen LogP contribution in [-0.2, 0) is 0 Å². The number of carbonyl (C=O) groups is 1. The van der Waals surface area contributed by atoms with E-state index in [4.69, 9.17) is 5.73 Å². The van der Waals surface area contributed by atoms with Crippen LogP contribution in [0.15, 0.2) is 0 Å². The molecule has 0 aliphatic carbocycles. The zero-order valence-corrected chi connectivity index (χ0v) is 4.11. The minimum Gasteiger partial charge on any atom is -0.319 e. The third kappa shape index (κ3) is 0.718. The molecular formula is C4H9N2O+. The minimum absolute atomic E-state index is 0.203. The van der Waals surface area contributed by atoms with Crippen LogP contribution in [0.4, 0.5) is 4.79 Å². The first-order chi connectivity index (χ1) is 3.30. The quantitative estimate of drug-likeness (QED) is 0.377. The van der Waals surface area contributed by atoms with E-state index in [1.165, 1.54) is 0 Å². The van der Waals surface area contributed by atoms with Crippen molar-refractivity contribution in [3.63, 3.8) is 0 Å². The molecule has 0 aromatic heterocycles. The average Bonchev–Trinajstić information content (AvgIpc) is 1.23. The number of hydrogen-bond acceptors (Lipinski definition) is 1. The molecule has 1 fully saturated rings. The average molecular weight is 101 g/mol. The lowest BCUT2D eigenvalue weighted by atomic mass is 10.2. The second kappa shape index (κ2) is 1.50. The Morgan fingerprint density at radius 1 is 1.57 bits per heavy atom. The first kappa shape index (κ1) is 4.59. The Labute approximate surface area is 42.1 Å². The van der Waals surface area contributed by atoms with Gasteiger partial charge in [0.1, 0.15) is 0 Å². The Kier molecular flexibility index (Phi) is 0.982. The van der Waals surface area contributed by atoms with Gasteiger partial charge in [-0.05, 0) is 0 Å². The van der Waals surface area contributed by atoms with Gasteiger partial charge >= 0.3 is 6.03 Å². The predicted molar refractivity (Wildman–Crippen MR) is 24.9 cm³/mol. The fraction of sp³-hybridized carbons (Fsp3) is 0.750. The molecule has 0 aromatic rings. The number of quaternary nitrogens is 1. The molecule has 0 saturated carbocycles. The van der Waals surface area contributed by atoms with Crippen LogP contribution < -0.4 is 10.6 Å². The van der Waals surface area contributed by atoms with Crippen LogP contribution in [0.2, 0.25) is 0 Å². The molecule has 1 saturated heterocycles. The van der Waals surface area contributed by atoms with Gasteiger partial charge in [0.25, 0.3) is 0 Å². The van der Waals surface area contributed by atoms with Crippen LogP contribution >= 0.6 is 0 Å². The van der Waals surface area contributed by atoms with E-state index in [0.717, 1.165) is 24.4 Å². The number of nitrogens with two attached hydrogens (primary N) is 1. The van der Waals surface area contributed by atoms with E-state index in [1.807, 2.05) is 0 Å². The molecule has 2 amide bonds. The lowest BCUT2D eigenvalue weighted by Gasteiger charge is -2.21. The molecule has 3 nitrogen and oxygen atoms in total. The summed E-state index contributed by atoms with van der Waals surface area (Å²) in [7, 11) is 0. The van der Waals surface area contributed by atoms with E-state index < -0.39 is 0 Å². The smallest absolute Gasteiger partial charge is 0.319 e. The fourth-order valence-corrected chi connectivity index (χ4v) is 0.600. The largest absolute Gasteiger partial charge is 0.412 e. The van der Waals surface area contributed by atoms with E-state index in [-0.39, 0.29) is 6.03 Å². The van der Waals surface area contributed by atoms with Gasteiger partial charge in [0.05, 0.1) is 13.1 Å². The summed E-state index contributed by atoms with van der Waals surface area (Å²) in [5.74, 6) is 0. The number of carbonyl (C=O) groups excluding carboxylic acids is 1. The summed E-state index contributed by atoms with van der Waals surface area (Å²) < 4.78 is 0. The van der Waals surface area contributed by atoms with Gasteiger partial charge in [-0.15, -0.1) is 0 Å². The monoisotopic (exact) mass is 101 g/mol. The van der Waals surface area contributed by atoms with Gasteiger partial charge in [-0.1, -0.05) is 0 Å². The number of nitrogens with one attached hydrogen (secondary N) is 1. The summed E-state index contributed by atoms with van der Waals surface area (Å²) in [4.78, 5) is 11.1. The predicted octanol–water partition coefficient (Wildman–Crippen LogP) is -1.65. The van der Waals surface area contributed by atoms with Crippen LogP contribution in [0.25, 0.3) is 0 Å². The highest BCUT2D eigenvalue weighted by Crippen LogP contribution is 1.74. The van der Waals surface area contributed by atoms with E-state index in [2.05, 4.69) is 0 Å². The van der Waals surface area contributed by atoms with Gasteiger partial charge < -0.3 is 5.73 Å². The SMILES string of the molecule is NC(=O)[NH+]1CCC1. The molecule has 3 heteroatoms. The first-order valence-electron chi connectivity index (χ1n) is 2.45. The van der Waals surface area contributed by atoms with Crippen LogP contribution in [0.3, 0.4) is 0 Å². The van der Waals surface area contributed by atoms with E-state index in [9.17, 15) is 4.79 Å². The van der Waals surface area contributed by atoms with E-state index in [0.29, 0.717) is 0 Å². The van der Waals surface area contributed by atoms with Gasteiger partial charge in [-0.2, -0.15) is 0 Å². The van der Waals surface area contributed by atoms with Gasteiger partial charge in [-0.3, -0.25) is 4.90 Å². The highest BCUT2D eigenvalue weighted by Gasteiger charge is 2.23. The van der Waals surface area contributed by atoms with Crippen LogP contribution in [-0.4, -0.2) is 19.1 Å². The van der Waals surface area contributed by atoms with Crippen molar-refractivity contribution in [3.8, 4) is 0 Å². The highest BCUT2D eigenvalue weighted by atomic mass is 16.2. The number of amides is 2. The molecule has 0 radical (unpaired) electrons. The number of hydrogen-bond donors (Lipinski definition) is 2. The molecule has 1 heterocycles. The third-order valence-corrected chi connectivity index (χ3v) is 1.31. The van der Waals surface area contributed by atoms with Crippen molar-refractivity contribution in [1.82, 2.24) is 0 Å². The van der Waals surface area contributed by atoms with Crippen LogP contribution in [0.5, 0.6) is 0 Å². The number of urea groups is 1. The molecule has 1 aliphatic heterocycles. The van der Waals surface area contributed by atoms with Crippen molar-refractivity contribution in [2.75, 3.05) is 13.1 Å². The standard InChI is InChI=1S/C4H8N2O/c5-4(7)6-2-1-3-6/h1-3H2,(H2,5,7)/p+1. The Morgan fingerprint density at radius 2 is 2.14 bits per heavy atom. The zero-order valence-electron chi connectivity index (χ0n) is 4.11. The van der Waals surface area contributed by atoms with Crippen LogP contribution in [0, 0.1) is 0 Å². The second-order valence-electron chi connectivity index (χ2n) is 1.82. The first-order valence-corrected chi connectivity index (χ1v) is 2.45. The molecule has 0 aromatic carbocycles. The minimum atomic E-state index is -0.203. The Morgan fingerprint density at radius 3 is 2.14 bits per heavy atom. The van der Waals surface area contributed by atoms with E-state index >= 15 is 0 Å². The normalized spacial score (nSPS) is 21.1. The van der Waals surface area contributed by atoms with Gasteiger partial charge in [-0.25, -0.2) is 4.79 Å². The fourth-order valence-electron chi connectivity index (χ4n) is 0.600. The maximum absolute atomic E-state index is 10.2. The van der Waals surface area contributed by atoms with Crippen molar-refractivity contribution in [2.45, 2.75) is 6.42 Å². The molecule has 0 bridgehead atoms. The molecule has 1 aliphatic rings. The second-order valence-corrected chi connectivity index (χ2v) is 1.82. The summed E-state index contributed by atoms with van der Waals surface area (Å²) in [6.45, 7) is 1.88. The molecular weight excluding hydrogens is 92.1 g/mol. The van der Waals surface area contributed by atoms with Gasteiger partial charge in [0.2, 0.25) is 0 Å². The lowest BCUT2D eigenvalue weighted by molar-refractivity contribution is -0.857. The number of likely N-dealkylation sites (tertiary alicyclic amines) is 1. The molecule has 0 spiro atoms.